The van der Waals surface area contributed by atoms with Crippen LogP contribution in [0.2, 0.25) is 0 Å². The molecule has 0 aromatic carbocycles. The summed E-state index contributed by atoms with van der Waals surface area (Å²) >= 11 is 3.79. The normalized spacial score (nSPS) is 9.67. The van der Waals surface area contributed by atoms with Crippen LogP contribution in [0.1, 0.15) is 6.92 Å². The van der Waals surface area contributed by atoms with Crippen LogP contribution in [-0.2, 0) is 0 Å². The SMILES string of the molecule is C#CCSCCNCCSCC. The summed E-state index contributed by atoms with van der Waals surface area (Å²) in [4.78, 5) is 0. The number of rotatable bonds is 8. The molecule has 0 amide bonds. The van der Waals surface area contributed by atoms with Crippen LogP contribution >= 0.6 is 23.5 Å². The van der Waals surface area contributed by atoms with Crippen molar-refractivity contribution in [2.75, 3.05) is 36.1 Å². The van der Waals surface area contributed by atoms with Crippen LogP contribution in [0.4, 0.5) is 0 Å². The smallest absolute Gasteiger partial charge is 0.0545 e. The van der Waals surface area contributed by atoms with Crippen molar-refractivity contribution in [3.63, 3.8) is 0 Å². The van der Waals surface area contributed by atoms with Crippen LogP contribution in [0.25, 0.3) is 0 Å². The van der Waals surface area contributed by atoms with Gasteiger partial charge in [-0.3, -0.25) is 0 Å². The molecule has 0 bridgehead atoms. The highest BCUT2D eigenvalue weighted by Crippen LogP contribution is 1.97. The van der Waals surface area contributed by atoms with Gasteiger partial charge in [-0.1, -0.05) is 12.8 Å². The molecule has 0 aromatic rings. The number of hydrogen-bond acceptors (Lipinski definition) is 3. The highest BCUT2D eigenvalue weighted by molar-refractivity contribution is 7.99. The van der Waals surface area contributed by atoms with E-state index >= 15 is 0 Å². The second-order valence-corrected chi connectivity index (χ2v) is 4.70. The van der Waals surface area contributed by atoms with Crippen LogP contribution in [0.3, 0.4) is 0 Å². The Labute approximate surface area is 84.5 Å². The highest BCUT2D eigenvalue weighted by Gasteiger charge is 1.87. The Balaban J connectivity index is 2.78. The zero-order valence-electron chi connectivity index (χ0n) is 7.64. The molecule has 0 aliphatic carbocycles. The summed E-state index contributed by atoms with van der Waals surface area (Å²) in [5.74, 6) is 7.01. The van der Waals surface area contributed by atoms with E-state index in [0.717, 1.165) is 24.6 Å². The first-order valence-corrected chi connectivity index (χ1v) is 6.52. The summed E-state index contributed by atoms with van der Waals surface area (Å²) < 4.78 is 0. The van der Waals surface area contributed by atoms with Gasteiger partial charge >= 0.3 is 0 Å². The van der Waals surface area contributed by atoms with Gasteiger partial charge in [0.15, 0.2) is 0 Å². The second-order valence-electron chi connectivity index (χ2n) is 2.20. The largest absolute Gasteiger partial charge is 0.315 e. The van der Waals surface area contributed by atoms with Crippen LogP contribution in [0, 0.1) is 12.3 Å². The summed E-state index contributed by atoms with van der Waals surface area (Å²) in [7, 11) is 0. The number of thioether (sulfide) groups is 2. The molecular weight excluding hydrogens is 186 g/mol. The van der Waals surface area contributed by atoms with Crippen molar-refractivity contribution in [3.8, 4) is 12.3 Å². The Bertz CT molecular complexity index is 120. The first-order chi connectivity index (χ1) is 5.91. The lowest BCUT2D eigenvalue weighted by Gasteiger charge is -2.02. The van der Waals surface area contributed by atoms with Crippen LogP contribution in [0.5, 0.6) is 0 Å². The number of hydrogen-bond donors (Lipinski definition) is 1. The van der Waals surface area contributed by atoms with Crippen molar-refractivity contribution in [1.82, 2.24) is 5.32 Å². The maximum Gasteiger partial charge on any atom is 0.0545 e. The molecule has 1 nitrogen and oxygen atoms in total. The van der Waals surface area contributed by atoms with Gasteiger partial charge in [-0.15, -0.1) is 18.2 Å². The van der Waals surface area contributed by atoms with Crippen LogP contribution < -0.4 is 5.32 Å². The number of terminal acetylenes is 1. The van der Waals surface area contributed by atoms with E-state index < -0.39 is 0 Å². The molecule has 12 heavy (non-hydrogen) atoms. The van der Waals surface area contributed by atoms with Crippen molar-refractivity contribution in [1.29, 1.82) is 0 Å². The summed E-state index contributed by atoms with van der Waals surface area (Å²) in [5, 5.41) is 3.37. The second kappa shape index (κ2) is 11.2. The van der Waals surface area contributed by atoms with Crippen LogP contribution in [0.15, 0.2) is 0 Å². The van der Waals surface area contributed by atoms with Gasteiger partial charge in [-0.25, -0.2) is 0 Å². The van der Waals surface area contributed by atoms with E-state index in [1.54, 1.807) is 0 Å². The highest BCUT2D eigenvalue weighted by atomic mass is 32.2. The van der Waals surface area contributed by atoms with Crippen molar-refractivity contribution in [2.24, 2.45) is 0 Å². The Morgan fingerprint density at radius 2 is 1.92 bits per heavy atom. The molecular formula is C9H17NS2. The monoisotopic (exact) mass is 203 g/mol. The van der Waals surface area contributed by atoms with E-state index in [-0.39, 0.29) is 0 Å². The average molecular weight is 203 g/mol. The molecule has 0 unspecified atom stereocenters. The predicted molar refractivity (Wildman–Crippen MR) is 62.0 cm³/mol. The molecule has 0 aromatic heterocycles. The van der Waals surface area contributed by atoms with Crippen molar-refractivity contribution < 1.29 is 0 Å². The quantitative estimate of drug-likeness (QED) is 0.476. The van der Waals surface area contributed by atoms with E-state index in [4.69, 9.17) is 6.42 Å². The fraction of sp³-hybridized carbons (Fsp3) is 0.778. The van der Waals surface area contributed by atoms with Gasteiger partial charge in [0.2, 0.25) is 0 Å². The Kier molecular flexibility index (Phi) is 11.4. The summed E-state index contributed by atoms with van der Waals surface area (Å²) in [6.07, 6.45) is 5.11. The third kappa shape index (κ3) is 10.2. The average Bonchev–Trinajstić information content (AvgIpc) is 2.10. The van der Waals surface area contributed by atoms with E-state index in [1.165, 1.54) is 11.5 Å². The number of nitrogens with one attached hydrogen (secondary N) is 1. The minimum Gasteiger partial charge on any atom is -0.315 e. The molecule has 0 saturated carbocycles. The van der Waals surface area contributed by atoms with E-state index in [1.807, 2.05) is 23.5 Å². The molecule has 70 valence electrons. The minimum atomic E-state index is 0.839. The fourth-order valence-electron chi connectivity index (χ4n) is 0.689. The Morgan fingerprint density at radius 3 is 2.50 bits per heavy atom. The molecule has 1 N–H and O–H groups in total. The summed E-state index contributed by atoms with van der Waals surface area (Å²) in [6, 6.07) is 0. The predicted octanol–water partition coefficient (Wildman–Crippen LogP) is 1.70. The zero-order valence-corrected chi connectivity index (χ0v) is 9.27. The lowest BCUT2D eigenvalue weighted by atomic mass is 10.7. The van der Waals surface area contributed by atoms with Gasteiger partial charge in [-0.2, -0.15) is 11.8 Å². The molecule has 0 spiro atoms. The molecule has 0 aliphatic rings. The standard InChI is InChI=1S/C9H17NS2/c1-3-7-12-9-6-10-5-8-11-4-2/h1,10H,4-9H2,2H3. The summed E-state index contributed by atoms with van der Waals surface area (Å²) in [6.45, 7) is 4.39. The van der Waals surface area contributed by atoms with Gasteiger partial charge in [0.1, 0.15) is 0 Å². The van der Waals surface area contributed by atoms with Crippen molar-refractivity contribution in [3.05, 3.63) is 0 Å². The first-order valence-electron chi connectivity index (χ1n) is 4.21. The fourth-order valence-corrected chi connectivity index (χ4v) is 1.82. The van der Waals surface area contributed by atoms with Gasteiger partial charge in [-0.05, 0) is 5.75 Å². The van der Waals surface area contributed by atoms with Gasteiger partial charge in [0.25, 0.3) is 0 Å². The minimum absolute atomic E-state index is 0.839. The van der Waals surface area contributed by atoms with Gasteiger partial charge in [0.05, 0.1) is 5.75 Å². The lowest BCUT2D eigenvalue weighted by Crippen LogP contribution is -2.20. The molecule has 0 heterocycles. The first kappa shape index (κ1) is 12.2. The van der Waals surface area contributed by atoms with Gasteiger partial charge < -0.3 is 5.32 Å². The zero-order chi connectivity index (χ0) is 9.07. The maximum absolute atomic E-state index is 5.11. The lowest BCUT2D eigenvalue weighted by molar-refractivity contribution is 0.774. The molecule has 0 atom stereocenters. The van der Waals surface area contributed by atoms with Crippen molar-refractivity contribution in [2.45, 2.75) is 6.92 Å². The molecule has 0 saturated heterocycles. The van der Waals surface area contributed by atoms with Crippen LogP contribution in [-0.4, -0.2) is 36.1 Å². The topological polar surface area (TPSA) is 12.0 Å². The van der Waals surface area contributed by atoms with E-state index in [0.29, 0.717) is 0 Å². The molecule has 0 radical (unpaired) electrons. The Morgan fingerprint density at radius 1 is 1.25 bits per heavy atom. The maximum atomic E-state index is 5.11. The molecule has 3 heteroatoms. The third-order valence-electron chi connectivity index (χ3n) is 1.24. The molecule has 0 fully saturated rings. The Hall–Kier alpha value is 0.220. The molecule has 0 rings (SSSR count). The molecule has 0 aliphatic heterocycles. The summed E-state index contributed by atoms with van der Waals surface area (Å²) in [5.41, 5.74) is 0. The van der Waals surface area contributed by atoms with E-state index in [2.05, 4.69) is 18.2 Å². The van der Waals surface area contributed by atoms with Gasteiger partial charge in [0, 0.05) is 24.6 Å². The third-order valence-corrected chi connectivity index (χ3v) is 3.00. The van der Waals surface area contributed by atoms with E-state index in [9.17, 15) is 0 Å². The van der Waals surface area contributed by atoms with Crippen molar-refractivity contribution >= 4 is 23.5 Å².